The van der Waals surface area contributed by atoms with E-state index in [1.807, 2.05) is 18.2 Å². The fourth-order valence-electron chi connectivity index (χ4n) is 5.31. The zero-order valence-electron chi connectivity index (χ0n) is 22.2. The summed E-state index contributed by atoms with van der Waals surface area (Å²) in [7, 11) is 0. The van der Waals surface area contributed by atoms with Gasteiger partial charge in [-0.25, -0.2) is 9.97 Å². The van der Waals surface area contributed by atoms with E-state index in [2.05, 4.69) is 75.8 Å². The Morgan fingerprint density at radius 2 is 1.62 bits per heavy atom. The zero-order valence-corrected chi connectivity index (χ0v) is 22.2. The first kappa shape index (κ1) is 25.1. The number of nitrogens with zero attached hydrogens (tertiary/aromatic N) is 5. The average Bonchev–Trinajstić information content (AvgIpc) is 2.95. The number of hydrogen-bond donors (Lipinski definition) is 0. The number of carbonyl (C=O) groups is 1. The van der Waals surface area contributed by atoms with Crippen molar-refractivity contribution in [3.05, 3.63) is 71.5 Å². The Bertz CT molecular complexity index is 1210. The van der Waals surface area contributed by atoms with Gasteiger partial charge in [0.05, 0.1) is 0 Å². The van der Waals surface area contributed by atoms with Gasteiger partial charge in [-0.3, -0.25) is 4.79 Å². The summed E-state index contributed by atoms with van der Waals surface area (Å²) in [6.07, 6.45) is 4.24. The highest BCUT2D eigenvalue weighted by atomic mass is 16.5. The molecule has 1 aromatic heterocycles. The molecule has 0 saturated carbocycles. The molecule has 5 rings (SSSR count). The number of ether oxygens (including phenoxy) is 1. The molecule has 0 radical (unpaired) electrons. The van der Waals surface area contributed by atoms with Crippen molar-refractivity contribution >= 4 is 17.4 Å². The highest BCUT2D eigenvalue weighted by Crippen LogP contribution is 2.28. The summed E-state index contributed by atoms with van der Waals surface area (Å²) in [6.45, 7) is 11.4. The van der Waals surface area contributed by atoms with Crippen LogP contribution in [0.4, 0.5) is 11.5 Å². The molecule has 37 heavy (non-hydrogen) atoms. The molecule has 3 aromatic rings. The summed E-state index contributed by atoms with van der Waals surface area (Å²) in [5.74, 6) is 2.54. The van der Waals surface area contributed by atoms with Crippen LogP contribution in [0, 0.1) is 19.8 Å². The molecule has 2 fully saturated rings. The van der Waals surface area contributed by atoms with Crippen molar-refractivity contribution in [2.75, 3.05) is 49.1 Å². The van der Waals surface area contributed by atoms with Crippen LogP contribution in [0.25, 0.3) is 0 Å². The molecular weight excluding hydrogens is 462 g/mol. The van der Waals surface area contributed by atoms with E-state index < -0.39 is 0 Å². The molecule has 2 aliphatic heterocycles. The third-order valence-electron chi connectivity index (χ3n) is 7.65. The number of piperazine rings is 1. The topological polar surface area (TPSA) is 61.8 Å². The second-order valence-corrected chi connectivity index (χ2v) is 10.2. The molecule has 7 nitrogen and oxygen atoms in total. The third-order valence-corrected chi connectivity index (χ3v) is 7.65. The maximum atomic E-state index is 13.3. The molecular formula is C30H37N5O2. The van der Waals surface area contributed by atoms with Crippen LogP contribution in [0.3, 0.4) is 0 Å². The molecule has 0 unspecified atom stereocenters. The normalized spacial score (nSPS) is 16.7. The van der Waals surface area contributed by atoms with Crippen molar-refractivity contribution in [3.63, 3.8) is 0 Å². The van der Waals surface area contributed by atoms with Crippen molar-refractivity contribution in [2.45, 2.75) is 40.0 Å². The van der Waals surface area contributed by atoms with Crippen molar-refractivity contribution in [3.8, 4) is 11.6 Å². The van der Waals surface area contributed by atoms with E-state index in [1.54, 1.807) is 6.33 Å². The second-order valence-electron chi connectivity index (χ2n) is 10.2. The largest absolute Gasteiger partial charge is 0.439 e. The van der Waals surface area contributed by atoms with Gasteiger partial charge < -0.3 is 19.4 Å². The van der Waals surface area contributed by atoms with Crippen molar-refractivity contribution in [2.24, 2.45) is 5.92 Å². The van der Waals surface area contributed by atoms with Gasteiger partial charge in [0.15, 0.2) is 0 Å². The molecule has 0 aliphatic carbocycles. The van der Waals surface area contributed by atoms with Crippen LogP contribution in [0.2, 0.25) is 0 Å². The first-order chi connectivity index (χ1) is 18.0. The second kappa shape index (κ2) is 11.2. The van der Waals surface area contributed by atoms with Crippen LogP contribution < -0.4 is 14.5 Å². The average molecular weight is 500 g/mol. The Labute approximate surface area is 220 Å². The van der Waals surface area contributed by atoms with E-state index in [0.29, 0.717) is 11.8 Å². The monoisotopic (exact) mass is 499 g/mol. The molecule has 2 saturated heterocycles. The van der Waals surface area contributed by atoms with Gasteiger partial charge in [-0.05, 0) is 68.0 Å². The van der Waals surface area contributed by atoms with Gasteiger partial charge in [-0.1, -0.05) is 31.2 Å². The van der Waals surface area contributed by atoms with Gasteiger partial charge in [-0.15, -0.1) is 0 Å². The van der Waals surface area contributed by atoms with Crippen LogP contribution in [0.5, 0.6) is 11.6 Å². The Balaban J connectivity index is 1.13. The zero-order chi connectivity index (χ0) is 25.8. The molecule has 3 heterocycles. The number of aryl methyl sites for hydroxylation is 3. The maximum Gasteiger partial charge on any atom is 0.225 e. The standard InChI is InChI=1S/C30H37N5O2/c1-4-24-7-9-26(10-8-24)37-29-20-28(31-21-32-29)34-13-11-25(12-14-34)30(36)35-17-15-33(16-18-35)27-19-22(2)5-6-23(27)3/h5-10,19-21,25H,4,11-18H2,1-3H3. The Kier molecular flexibility index (Phi) is 7.58. The van der Waals surface area contributed by atoms with Crippen molar-refractivity contribution in [1.29, 1.82) is 0 Å². The van der Waals surface area contributed by atoms with Gasteiger partial charge in [-0.2, -0.15) is 0 Å². The number of benzene rings is 2. The smallest absolute Gasteiger partial charge is 0.225 e. The number of amides is 1. The molecule has 2 aliphatic rings. The number of aromatic nitrogens is 2. The number of piperidine rings is 1. The summed E-state index contributed by atoms with van der Waals surface area (Å²) in [6, 6.07) is 16.6. The number of anilines is 2. The lowest BCUT2D eigenvalue weighted by molar-refractivity contribution is -0.136. The first-order valence-electron chi connectivity index (χ1n) is 13.4. The Hall–Kier alpha value is -3.61. The van der Waals surface area contributed by atoms with Crippen LogP contribution in [-0.4, -0.2) is 60.0 Å². The van der Waals surface area contributed by atoms with Gasteiger partial charge in [0, 0.05) is 56.9 Å². The van der Waals surface area contributed by atoms with Gasteiger partial charge in [0.2, 0.25) is 11.8 Å². The number of carbonyl (C=O) groups excluding carboxylic acids is 1. The molecule has 1 amide bonds. The lowest BCUT2D eigenvalue weighted by atomic mass is 9.95. The van der Waals surface area contributed by atoms with Crippen LogP contribution in [0.1, 0.15) is 36.5 Å². The van der Waals surface area contributed by atoms with Gasteiger partial charge in [0.1, 0.15) is 17.9 Å². The van der Waals surface area contributed by atoms with E-state index in [-0.39, 0.29) is 5.92 Å². The predicted molar refractivity (Wildman–Crippen MR) is 148 cm³/mol. The van der Waals surface area contributed by atoms with E-state index in [4.69, 9.17) is 4.74 Å². The van der Waals surface area contributed by atoms with Crippen LogP contribution in [0.15, 0.2) is 54.9 Å². The Morgan fingerprint density at radius 1 is 0.892 bits per heavy atom. The van der Waals surface area contributed by atoms with E-state index in [1.165, 1.54) is 22.4 Å². The Morgan fingerprint density at radius 3 is 2.32 bits per heavy atom. The van der Waals surface area contributed by atoms with Crippen molar-refractivity contribution < 1.29 is 9.53 Å². The van der Waals surface area contributed by atoms with Gasteiger partial charge >= 0.3 is 0 Å². The maximum absolute atomic E-state index is 13.3. The molecule has 0 spiro atoms. The molecule has 0 atom stereocenters. The predicted octanol–water partition coefficient (Wildman–Crippen LogP) is 5.01. The molecule has 2 aromatic carbocycles. The summed E-state index contributed by atoms with van der Waals surface area (Å²) in [4.78, 5) is 28.8. The minimum Gasteiger partial charge on any atom is -0.439 e. The SMILES string of the molecule is CCc1ccc(Oc2cc(N3CCC(C(=O)N4CCN(c5cc(C)ccc5C)CC4)CC3)ncn2)cc1. The minimum atomic E-state index is 0.0816. The quantitative estimate of drug-likeness (QED) is 0.475. The molecule has 0 bridgehead atoms. The van der Waals surface area contributed by atoms with E-state index in [0.717, 1.165) is 70.1 Å². The van der Waals surface area contributed by atoms with Crippen LogP contribution in [-0.2, 0) is 11.2 Å². The minimum absolute atomic E-state index is 0.0816. The highest BCUT2D eigenvalue weighted by molar-refractivity contribution is 5.79. The lowest BCUT2D eigenvalue weighted by Crippen LogP contribution is -2.52. The van der Waals surface area contributed by atoms with E-state index >= 15 is 0 Å². The first-order valence-corrected chi connectivity index (χ1v) is 13.4. The molecule has 194 valence electrons. The summed E-state index contributed by atoms with van der Waals surface area (Å²) < 4.78 is 5.96. The molecule has 0 N–H and O–H groups in total. The van der Waals surface area contributed by atoms with Crippen LogP contribution >= 0.6 is 0 Å². The summed E-state index contributed by atoms with van der Waals surface area (Å²) in [5.41, 5.74) is 5.15. The summed E-state index contributed by atoms with van der Waals surface area (Å²) >= 11 is 0. The lowest BCUT2D eigenvalue weighted by Gasteiger charge is -2.40. The molecule has 7 heteroatoms. The summed E-state index contributed by atoms with van der Waals surface area (Å²) in [5, 5.41) is 0. The third kappa shape index (κ3) is 5.87. The number of rotatable bonds is 6. The van der Waals surface area contributed by atoms with Crippen molar-refractivity contribution in [1.82, 2.24) is 14.9 Å². The fourth-order valence-corrected chi connectivity index (χ4v) is 5.31. The van der Waals surface area contributed by atoms with Gasteiger partial charge in [0.25, 0.3) is 0 Å². The number of hydrogen-bond acceptors (Lipinski definition) is 6. The van der Waals surface area contributed by atoms with E-state index in [9.17, 15) is 4.79 Å². The fraction of sp³-hybridized carbons (Fsp3) is 0.433. The highest BCUT2D eigenvalue weighted by Gasteiger charge is 2.31.